The summed E-state index contributed by atoms with van der Waals surface area (Å²) in [6.45, 7) is 4.01. The van der Waals surface area contributed by atoms with Crippen molar-refractivity contribution in [1.82, 2.24) is 5.32 Å². The van der Waals surface area contributed by atoms with E-state index in [0.29, 0.717) is 19.3 Å². The number of aliphatic hydroxyl groups excluding tert-OH is 4. The first kappa shape index (κ1) is 52.8. The summed E-state index contributed by atoms with van der Waals surface area (Å²) in [6, 6.07) is -1.00. The predicted molar refractivity (Wildman–Crippen MR) is 233 cm³/mol. The number of carbonyl (C=O) groups is 1. The van der Waals surface area contributed by atoms with Crippen LogP contribution in [0.4, 0.5) is 0 Å². The third-order valence-electron chi connectivity index (χ3n) is 11.1. The third-order valence-corrected chi connectivity index (χ3v) is 11.1. The summed E-state index contributed by atoms with van der Waals surface area (Å²) in [4.78, 5) is 12.4. The Balaban J connectivity index is 3.65. The fourth-order valence-electron chi connectivity index (χ4n) is 7.36. The van der Waals surface area contributed by atoms with E-state index < -0.39 is 36.9 Å². The maximum Gasteiger partial charge on any atom is 0.249 e. The summed E-state index contributed by atoms with van der Waals surface area (Å²) in [7, 11) is 0. The van der Waals surface area contributed by atoms with E-state index >= 15 is 0 Å². The molecule has 0 fully saturated rings. The molecule has 5 N–H and O–H groups in total. The monoisotopic (exact) mass is 764 g/mol. The second-order valence-corrected chi connectivity index (χ2v) is 16.4. The van der Waals surface area contributed by atoms with Gasteiger partial charge in [0.15, 0.2) is 0 Å². The Morgan fingerprint density at radius 3 is 1.17 bits per heavy atom. The molecular formula is C48H93NO5. The number of unbranched alkanes of at least 4 members (excludes halogenated alkanes) is 30. The van der Waals surface area contributed by atoms with Crippen LogP contribution >= 0.6 is 0 Å². The van der Waals surface area contributed by atoms with E-state index in [1.807, 2.05) is 0 Å². The molecule has 0 aliphatic heterocycles. The fraction of sp³-hybridized carbons (Fsp3) is 0.896. The van der Waals surface area contributed by atoms with E-state index in [4.69, 9.17) is 0 Å². The highest BCUT2D eigenvalue weighted by Gasteiger charge is 2.28. The maximum absolute atomic E-state index is 12.4. The largest absolute Gasteiger partial charge is 0.394 e. The predicted octanol–water partition coefficient (Wildman–Crippen LogP) is 12.7. The second-order valence-electron chi connectivity index (χ2n) is 16.4. The van der Waals surface area contributed by atoms with Crippen molar-refractivity contribution in [2.75, 3.05) is 6.61 Å². The third kappa shape index (κ3) is 36.4. The van der Waals surface area contributed by atoms with Gasteiger partial charge in [-0.2, -0.15) is 0 Å². The molecule has 0 heterocycles. The highest BCUT2D eigenvalue weighted by molar-refractivity contribution is 5.80. The standard InChI is InChI=1S/C48H93NO5/c1-3-5-7-9-11-13-14-15-16-17-18-19-20-21-22-23-24-25-26-27-28-29-30-31-32-34-35-37-39-41-45(51)47(53)44(43-50)49-48(54)46(52)42-40-38-36-33-12-10-8-6-4-2/h29-30,34-35,44-47,50-53H,3-28,31-33,36-43H2,1-2H3,(H,49,54)/b30-29+,35-34+. The molecule has 0 aromatic heterocycles. The first-order valence-corrected chi connectivity index (χ1v) is 23.7. The Bertz CT molecular complexity index is 817. The molecule has 54 heavy (non-hydrogen) atoms. The van der Waals surface area contributed by atoms with Gasteiger partial charge in [-0.3, -0.25) is 4.79 Å². The van der Waals surface area contributed by atoms with Crippen molar-refractivity contribution in [2.45, 2.75) is 269 Å². The number of allylic oxidation sites excluding steroid dienone is 4. The number of hydrogen-bond acceptors (Lipinski definition) is 5. The van der Waals surface area contributed by atoms with Gasteiger partial charge in [0, 0.05) is 0 Å². The highest BCUT2D eigenvalue weighted by atomic mass is 16.3. The van der Waals surface area contributed by atoms with Crippen molar-refractivity contribution >= 4 is 5.91 Å². The van der Waals surface area contributed by atoms with Crippen molar-refractivity contribution in [3.8, 4) is 0 Å². The second kappa shape index (κ2) is 42.9. The van der Waals surface area contributed by atoms with Gasteiger partial charge in [-0.15, -0.1) is 0 Å². The van der Waals surface area contributed by atoms with Crippen LogP contribution in [0.2, 0.25) is 0 Å². The van der Waals surface area contributed by atoms with Crippen molar-refractivity contribution < 1.29 is 25.2 Å². The average molecular weight is 764 g/mol. The van der Waals surface area contributed by atoms with Crippen molar-refractivity contribution in [3.05, 3.63) is 24.3 Å². The zero-order chi connectivity index (χ0) is 39.6. The molecule has 0 spiro atoms. The van der Waals surface area contributed by atoms with E-state index in [1.165, 1.54) is 173 Å². The lowest BCUT2D eigenvalue weighted by atomic mass is 10.00. The molecule has 0 radical (unpaired) electrons. The first-order chi connectivity index (χ1) is 26.5. The molecule has 0 saturated heterocycles. The van der Waals surface area contributed by atoms with E-state index in [0.717, 1.165) is 38.5 Å². The van der Waals surface area contributed by atoms with Gasteiger partial charge in [-0.25, -0.2) is 0 Å². The van der Waals surface area contributed by atoms with Crippen LogP contribution in [-0.2, 0) is 4.79 Å². The van der Waals surface area contributed by atoms with Crippen molar-refractivity contribution in [2.24, 2.45) is 0 Å². The van der Waals surface area contributed by atoms with Crippen LogP contribution in [0.25, 0.3) is 0 Å². The highest BCUT2D eigenvalue weighted by Crippen LogP contribution is 2.16. The summed E-state index contributed by atoms with van der Waals surface area (Å²) in [5.74, 6) is -0.599. The van der Waals surface area contributed by atoms with Crippen LogP contribution in [-0.4, -0.2) is 57.3 Å². The lowest BCUT2D eigenvalue weighted by Gasteiger charge is -2.27. The Kier molecular flexibility index (Phi) is 42.0. The number of amides is 1. The summed E-state index contributed by atoms with van der Waals surface area (Å²) in [5.41, 5.74) is 0. The molecule has 0 rings (SSSR count). The molecule has 0 bridgehead atoms. The fourth-order valence-corrected chi connectivity index (χ4v) is 7.36. The van der Waals surface area contributed by atoms with Crippen molar-refractivity contribution in [3.63, 3.8) is 0 Å². The van der Waals surface area contributed by atoms with Gasteiger partial charge in [0.1, 0.15) is 12.2 Å². The first-order valence-electron chi connectivity index (χ1n) is 23.7. The van der Waals surface area contributed by atoms with E-state index in [1.54, 1.807) is 0 Å². The topological polar surface area (TPSA) is 110 Å². The van der Waals surface area contributed by atoms with Crippen LogP contribution in [0.15, 0.2) is 24.3 Å². The van der Waals surface area contributed by atoms with Gasteiger partial charge in [-0.1, -0.05) is 218 Å². The number of nitrogens with one attached hydrogen (secondary N) is 1. The SMILES string of the molecule is CCCCCCCCCCCCCCCCCCCCCC/C=C/CC/C=C/CCCC(O)C(O)C(CO)NC(=O)C(O)CCCCCCCCCCC. The smallest absolute Gasteiger partial charge is 0.249 e. The molecule has 4 unspecified atom stereocenters. The molecule has 6 heteroatoms. The Hall–Kier alpha value is -1.21. The van der Waals surface area contributed by atoms with E-state index in [-0.39, 0.29) is 0 Å². The molecule has 0 aliphatic carbocycles. The molecule has 6 nitrogen and oxygen atoms in total. The molecule has 0 aromatic rings. The normalized spacial score (nSPS) is 14.3. The summed E-state index contributed by atoms with van der Waals surface area (Å²) >= 11 is 0. The van der Waals surface area contributed by atoms with Crippen LogP contribution < -0.4 is 5.32 Å². The molecule has 0 saturated carbocycles. The van der Waals surface area contributed by atoms with Crippen LogP contribution in [0.3, 0.4) is 0 Å². The zero-order valence-corrected chi connectivity index (χ0v) is 36.0. The molecule has 4 atom stereocenters. The van der Waals surface area contributed by atoms with Crippen LogP contribution in [0.1, 0.15) is 245 Å². The minimum absolute atomic E-state index is 0.361. The Morgan fingerprint density at radius 2 is 0.778 bits per heavy atom. The maximum atomic E-state index is 12.4. The van der Waals surface area contributed by atoms with Gasteiger partial charge in [0.05, 0.1) is 18.8 Å². The molecular weight excluding hydrogens is 671 g/mol. The Labute approximate surface area is 335 Å². The summed E-state index contributed by atoms with van der Waals surface area (Å²) < 4.78 is 0. The van der Waals surface area contributed by atoms with E-state index in [2.05, 4.69) is 43.5 Å². The van der Waals surface area contributed by atoms with Gasteiger partial charge < -0.3 is 25.7 Å². The van der Waals surface area contributed by atoms with Crippen LogP contribution in [0.5, 0.6) is 0 Å². The number of aliphatic hydroxyl groups is 4. The summed E-state index contributed by atoms with van der Waals surface area (Å²) in [5, 5.41) is 43.5. The molecule has 0 aromatic carbocycles. The van der Waals surface area contributed by atoms with Crippen LogP contribution in [0, 0.1) is 0 Å². The minimum Gasteiger partial charge on any atom is -0.394 e. The molecule has 1 amide bonds. The van der Waals surface area contributed by atoms with Gasteiger partial charge in [-0.05, 0) is 51.4 Å². The quantitative estimate of drug-likeness (QED) is 0.0314. The zero-order valence-electron chi connectivity index (χ0n) is 36.0. The number of hydrogen-bond donors (Lipinski definition) is 5. The number of carbonyl (C=O) groups excluding carboxylic acids is 1. The van der Waals surface area contributed by atoms with Gasteiger partial charge >= 0.3 is 0 Å². The van der Waals surface area contributed by atoms with Crippen molar-refractivity contribution in [1.29, 1.82) is 0 Å². The molecule has 0 aliphatic rings. The van der Waals surface area contributed by atoms with Gasteiger partial charge in [0.2, 0.25) is 5.91 Å². The lowest BCUT2D eigenvalue weighted by molar-refractivity contribution is -0.132. The van der Waals surface area contributed by atoms with Gasteiger partial charge in [0.25, 0.3) is 0 Å². The summed E-state index contributed by atoms with van der Waals surface area (Å²) in [6.07, 6.45) is 49.7. The lowest BCUT2D eigenvalue weighted by Crippen LogP contribution is -2.53. The molecule has 320 valence electrons. The average Bonchev–Trinajstić information content (AvgIpc) is 3.18. The van der Waals surface area contributed by atoms with E-state index in [9.17, 15) is 25.2 Å². The number of rotatable bonds is 43. The Morgan fingerprint density at radius 1 is 0.444 bits per heavy atom. The minimum atomic E-state index is -1.29.